The zero-order valence-corrected chi connectivity index (χ0v) is 14.8. The van der Waals surface area contributed by atoms with Gasteiger partial charge >= 0.3 is 0 Å². The van der Waals surface area contributed by atoms with Crippen molar-refractivity contribution in [1.29, 1.82) is 0 Å². The predicted octanol–water partition coefficient (Wildman–Crippen LogP) is 4.83. The first kappa shape index (κ1) is 16.2. The Morgan fingerprint density at radius 2 is 1.71 bits per heavy atom. The van der Waals surface area contributed by atoms with Crippen LogP contribution >= 0.6 is 11.5 Å². The van der Waals surface area contributed by atoms with Gasteiger partial charge in [-0.3, -0.25) is 0 Å². The highest BCUT2D eigenvalue weighted by Gasteiger charge is 2.18. The van der Waals surface area contributed by atoms with Crippen LogP contribution in [0.5, 0.6) is 0 Å². The molecule has 2 rings (SSSR count). The Labute approximate surface area is 132 Å². The molecule has 3 heteroatoms. The quantitative estimate of drug-likeness (QED) is 0.874. The van der Waals surface area contributed by atoms with E-state index < -0.39 is 0 Å². The van der Waals surface area contributed by atoms with Gasteiger partial charge in [-0.1, -0.05) is 39.8 Å². The van der Waals surface area contributed by atoms with Gasteiger partial charge in [-0.25, -0.2) is 0 Å². The molecule has 0 radical (unpaired) electrons. The molecule has 0 fully saturated rings. The van der Waals surface area contributed by atoms with Crippen LogP contribution in [0.4, 0.5) is 0 Å². The van der Waals surface area contributed by atoms with Crippen molar-refractivity contribution in [2.24, 2.45) is 0 Å². The Morgan fingerprint density at radius 3 is 2.24 bits per heavy atom. The summed E-state index contributed by atoms with van der Waals surface area (Å²) in [6.07, 6.45) is 0. The first-order valence-electron chi connectivity index (χ1n) is 7.61. The molecule has 0 aliphatic carbocycles. The number of hydrogen-bond donors (Lipinski definition) is 1. The van der Waals surface area contributed by atoms with Gasteiger partial charge in [-0.05, 0) is 60.1 Å². The molecule has 1 heterocycles. The van der Waals surface area contributed by atoms with Gasteiger partial charge in [0.1, 0.15) is 0 Å². The number of rotatable bonds is 4. The molecule has 0 amide bonds. The van der Waals surface area contributed by atoms with Gasteiger partial charge in [-0.2, -0.15) is 4.37 Å². The summed E-state index contributed by atoms with van der Waals surface area (Å²) in [7, 11) is 0. The van der Waals surface area contributed by atoms with Crippen LogP contribution in [0, 0.1) is 13.8 Å². The summed E-state index contributed by atoms with van der Waals surface area (Å²) in [5, 5.41) is 3.36. The smallest absolute Gasteiger partial charge is 0.0849 e. The molecular weight excluding hydrogens is 276 g/mol. The molecule has 21 heavy (non-hydrogen) atoms. The topological polar surface area (TPSA) is 24.9 Å². The lowest BCUT2D eigenvalue weighted by Gasteiger charge is -2.22. The van der Waals surface area contributed by atoms with Gasteiger partial charge in [0.2, 0.25) is 0 Å². The van der Waals surface area contributed by atoms with Crippen molar-refractivity contribution in [2.75, 3.05) is 6.54 Å². The Balaban J connectivity index is 2.38. The van der Waals surface area contributed by atoms with Crippen LogP contribution in [-0.2, 0) is 12.0 Å². The van der Waals surface area contributed by atoms with E-state index in [2.05, 4.69) is 69.4 Å². The van der Waals surface area contributed by atoms with E-state index in [-0.39, 0.29) is 5.41 Å². The lowest BCUT2D eigenvalue weighted by Crippen LogP contribution is -2.12. The maximum Gasteiger partial charge on any atom is 0.0849 e. The minimum Gasteiger partial charge on any atom is -0.312 e. The Bertz CT molecular complexity index is 597. The van der Waals surface area contributed by atoms with E-state index in [4.69, 9.17) is 0 Å². The van der Waals surface area contributed by atoms with Crippen LogP contribution in [0.1, 0.15) is 49.3 Å². The van der Waals surface area contributed by atoms with E-state index in [1.54, 1.807) is 11.5 Å². The highest BCUT2D eigenvalue weighted by atomic mass is 32.1. The molecule has 1 aromatic heterocycles. The third kappa shape index (κ3) is 3.72. The third-order valence-corrected chi connectivity index (χ3v) is 4.55. The standard InChI is InChI=1S/C18H26N2S/c1-7-19-11-15-10-16(20-21-15)17-12(2)8-14(9-13(17)3)18(4,5)6/h8-10,19H,7,11H2,1-6H3. The summed E-state index contributed by atoms with van der Waals surface area (Å²) in [5.74, 6) is 0. The van der Waals surface area contributed by atoms with Crippen LogP contribution in [-0.4, -0.2) is 10.9 Å². The molecule has 0 unspecified atom stereocenters. The second-order valence-electron chi connectivity index (χ2n) is 6.69. The van der Waals surface area contributed by atoms with Crippen molar-refractivity contribution in [1.82, 2.24) is 9.69 Å². The minimum atomic E-state index is 0.187. The number of benzene rings is 1. The van der Waals surface area contributed by atoms with Crippen molar-refractivity contribution in [2.45, 2.75) is 53.5 Å². The zero-order valence-electron chi connectivity index (χ0n) is 14.0. The van der Waals surface area contributed by atoms with E-state index in [9.17, 15) is 0 Å². The van der Waals surface area contributed by atoms with E-state index in [0.717, 1.165) is 18.8 Å². The zero-order chi connectivity index (χ0) is 15.6. The molecule has 0 saturated heterocycles. The van der Waals surface area contributed by atoms with Gasteiger partial charge in [-0.15, -0.1) is 0 Å². The van der Waals surface area contributed by atoms with E-state index in [1.165, 1.54) is 27.1 Å². The Morgan fingerprint density at radius 1 is 1.10 bits per heavy atom. The van der Waals surface area contributed by atoms with Crippen LogP contribution in [0.3, 0.4) is 0 Å². The first-order chi connectivity index (χ1) is 9.82. The van der Waals surface area contributed by atoms with Gasteiger partial charge < -0.3 is 5.32 Å². The summed E-state index contributed by atoms with van der Waals surface area (Å²) in [4.78, 5) is 1.30. The molecule has 0 bridgehead atoms. The molecule has 0 spiro atoms. The molecule has 0 aliphatic heterocycles. The monoisotopic (exact) mass is 302 g/mol. The second kappa shape index (κ2) is 6.29. The second-order valence-corrected chi connectivity index (χ2v) is 7.58. The van der Waals surface area contributed by atoms with Crippen molar-refractivity contribution in [3.05, 3.63) is 39.8 Å². The lowest BCUT2D eigenvalue weighted by molar-refractivity contribution is 0.589. The molecule has 0 atom stereocenters. The van der Waals surface area contributed by atoms with Gasteiger partial charge in [0.05, 0.1) is 5.69 Å². The van der Waals surface area contributed by atoms with Crippen molar-refractivity contribution in [3.8, 4) is 11.3 Å². The van der Waals surface area contributed by atoms with E-state index in [0.29, 0.717) is 0 Å². The largest absolute Gasteiger partial charge is 0.312 e. The van der Waals surface area contributed by atoms with Gasteiger partial charge in [0, 0.05) is 17.0 Å². The summed E-state index contributed by atoms with van der Waals surface area (Å²) in [6, 6.07) is 6.84. The van der Waals surface area contributed by atoms with Crippen LogP contribution in [0.15, 0.2) is 18.2 Å². The molecule has 1 N–H and O–H groups in total. The number of nitrogens with zero attached hydrogens (tertiary/aromatic N) is 1. The fraction of sp³-hybridized carbons (Fsp3) is 0.500. The summed E-state index contributed by atoms with van der Waals surface area (Å²) >= 11 is 1.60. The maximum atomic E-state index is 4.65. The molecule has 2 nitrogen and oxygen atoms in total. The number of nitrogens with one attached hydrogen (secondary N) is 1. The summed E-state index contributed by atoms with van der Waals surface area (Å²) in [6.45, 7) is 15.2. The fourth-order valence-electron chi connectivity index (χ4n) is 2.56. The Kier molecular flexibility index (Phi) is 4.84. The highest BCUT2D eigenvalue weighted by Crippen LogP contribution is 2.33. The van der Waals surface area contributed by atoms with Crippen LogP contribution < -0.4 is 5.32 Å². The molecule has 114 valence electrons. The number of aromatic nitrogens is 1. The van der Waals surface area contributed by atoms with Gasteiger partial charge in [0.25, 0.3) is 0 Å². The Hall–Kier alpha value is -1.19. The number of aryl methyl sites for hydroxylation is 2. The fourth-order valence-corrected chi connectivity index (χ4v) is 3.25. The van der Waals surface area contributed by atoms with E-state index in [1.807, 2.05) is 0 Å². The molecule has 2 aromatic rings. The first-order valence-corrected chi connectivity index (χ1v) is 8.38. The van der Waals surface area contributed by atoms with Crippen LogP contribution in [0.2, 0.25) is 0 Å². The van der Waals surface area contributed by atoms with E-state index >= 15 is 0 Å². The van der Waals surface area contributed by atoms with Crippen molar-refractivity contribution >= 4 is 11.5 Å². The minimum absolute atomic E-state index is 0.187. The molecule has 1 aromatic carbocycles. The van der Waals surface area contributed by atoms with Crippen LogP contribution in [0.25, 0.3) is 11.3 Å². The molecular formula is C18H26N2S. The SMILES string of the molecule is CCNCc1cc(-c2c(C)cc(C(C)(C)C)cc2C)ns1. The molecule has 0 saturated carbocycles. The van der Waals surface area contributed by atoms with Gasteiger partial charge in [0.15, 0.2) is 0 Å². The predicted molar refractivity (Wildman–Crippen MR) is 93.1 cm³/mol. The average molecular weight is 302 g/mol. The maximum absolute atomic E-state index is 4.65. The van der Waals surface area contributed by atoms with Crippen molar-refractivity contribution < 1.29 is 0 Å². The highest BCUT2D eigenvalue weighted by molar-refractivity contribution is 7.06. The normalized spacial score (nSPS) is 11.9. The number of hydrogen-bond acceptors (Lipinski definition) is 3. The van der Waals surface area contributed by atoms with Crippen molar-refractivity contribution in [3.63, 3.8) is 0 Å². The summed E-state index contributed by atoms with van der Waals surface area (Å²) < 4.78 is 4.65. The summed E-state index contributed by atoms with van der Waals surface area (Å²) in [5.41, 5.74) is 6.63. The average Bonchev–Trinajstić information content (AvgIpc) is 2.83. The lowest BCUT2D eigenvalue weighted by atomic mass is 9.83. The third-order valence-electron chi connectivity index (χ3n) is 3.76. The molecule has 0 aliphatic rings.